The van der Waals surface area contributed by atoms with E-state index in [9.17, 15) is 9.59 Å². The lowest BCUT2D eigenvalue weighted by atomic mass is 10.2. The largest absolute Gasteiger partial charge is 0.480 e. The van der Waals surface area contributed by atoms with Gasteiger partial charge in [0.2, 0.25) is 0 Å². The zero-order valence-corrected chi connectivity index (χ0v) is 8.02. The van der Waals surface area contributed by atoms with Crippen LogP contribution in [0.4, 0.5) is 4.79 Å². The van der Waals surface area contributed by atoms with Crippen LogP contribution in [-0.4, -0.2) is 54.9 Å². The molecule has 2 amide bonds. The Morgan fingerprint density at radius 3 is 2.93 bits per heavy atom. The zero-order valence-electron chi connectivity index (χ0n) is 8.02. The summed E-state index contributed by atoms with van der Waals surface area (Å²) in [5.74, 6) is -0.987. The summed E-state index contributed by atoms with van der Waals surface area (Å²) >= 11 is 0. The summed E-state index contributed by atoms with van der Waals surface area (Å²) in [7, 11) is 1.50. The van der Waals surface area contributed by atoms with Gasteiger partial charge in [0.15, 0.2) is 0 Å². The van der Waals surface area contributed by atoms with Crippen molar-refractivity contribution in [3.8, 4) is 0 Å². The number of aliphatic carboxylic acids is 1. The molecule has 0 radical (unpaired) electrons. The Morgan fingerprint density at radius 2 is 2.50 bits per heavy atom. The molecule has 0 aromatic heterocycles. The summed E-state index contributed by atoms with van der Waals surface area (Å²) in [4.78, 5) is 23.4. The summed E-state index contributed by atoms with van der Waals surface area (Å²) in [5.41, 5.74) is 0. The number of hydrogen-bond donors (Lipinski definition) is 2. The molecular formula is C8H14N2O4. The molecule has 6 nitrogen and oxygen atoms in total. The lowest BCUT2D eigenvalue weighted by Gasteiger charge is -2.22. The normalized spacial score (nSPS) is 18.1. The summed E-state index contributed by atoms with van der Waals surface area (Å²) < 4.78 is 4.80. The third kappa shape index (κ3) is 2.35. The van der Waals surface area contributed by atoms with Gasteiger partial charge in [-0.2, -0.15) is 0 Å². The number of hydrogen-bond acceptors (Lipinski definition) is 3. The number of carboxylic acid groups (broad SMARTS) is 1. The number of methoxy groups -OCH3 is 1. The lowest BCUT2D eigenvalue weighted by molar-refractivity contribution is -0.142. The fourth-order valence-electron chi connectivity index (χ4n) is 1.43. The van der Waals surface area contributed by atoms with Crippen molar-refractivity contribution in [1.29, 1.82) is 0 Å². The minimum Gasteiger partial charge on any atom is -0.480 e. The second-order valence-corrected chi connectivity index (χ2v) is 3.06. The van der Waals surface area contributed by atoms with E-state index in [-0.39, 0.29) is 6.03 Å². The van der Waals surface area contributed by atoms with Gasteiger partial charge in [0.1, 0.15) is 6.04 Å². The van der Waals surface area contributed by atoms with Crippen molar-refractivity contribution in [3.05, 3.63) is 0 Å². The Morgan fingerprint density at radius 1 is 1.79 bits per heavy atom. The summed E-state index contributed by atoms with van der Waals surface area (Å²) in [6.45, 7) is 1.29. The summed E-state index contributed by atoms with van der Waals surface area (Å²) in [5, 5.41) is 11.5. The van der Waals surface area contributed by atoms with E-state index in [1.807, 2.05) is 0 Å². The van der Waals surface area contributed by atoms with Crippen LogP contribution in [0, 0.1) is 0 Å². The van der Waals surface area contributed by atoms with Crippen LogP contribution in [0.5, 0.6) is 0 Å². The van der Waals surface area contributed by atoms with Gasteiger partial charge in [-0.15, -0.1) is 0 Å². The molecule has 0 bridgehead atoms. The molecule has 0 aromatic rings. The Labute approximate surface area is 81.8 Å². The molecule has 0 spiro atoms. The molecule has 1 aliphatic heterocycles. The second kappa shape index (κ2) is 4.80. The number of urea groups is 1. The van der Waals surface area contributed by atoms with Gasteiger partial charge in [0.05, 0.1) is 0 Å². The van der Waals surface area contributed by atoms with Crippen LogP contribution >= 0.6 is 0 Å². The number of amides is 2. The SMILES string of the molecule is COCCC(C(=O)O)N1CCNC1=O. The van der Waals surface area contributed by atoms with Gasteiger partial charge in [-0.3, -0.25) is 0 Å². The highest BCUT2D eigenvalue weighted by molar-refractivity contribution is 5.83. The average molecular weight is 202 g/mol. The molecule has 0 aliphatic carbocycles. The van der Waals surface area contributed by atoms with Crippen molar-refractivity contribution in [2.75, 3.05) is 26.8 Å². The fraction of sp³-hybridized carbons (Fsp3) is 0.750. The maximum absolute atomic E-state index is 11.2. The first-order valence-electron chi connectivity index (χ1n) is 4.43. The van der Waals surface area contributed by atoms with Crippen LogP contribution in [0.1, 0.15) is 6.42 Å². The molecular weight excluding hydrogens is 188 g/mol. The zero-order chi connectivity index (χ0) is 10.6. The van der Waals surface area contributed by atoms with Gasteiger partial charge < -0.3 is 20.1 Å². The van der Waals surface area contributed by atoms with Gasteiger partial charge in [0, 0.05) is 33.2 Å². The Balaban J connectivity index is 2.57. The molecule has 1 atom stereocenters. The molecule has 6 heteroatoms. The van der Waals surface area contributed by atoms with Crippen molar-refractivity contribution in [3.63, 3.8) is 0 Å². The smallest absolute Gasteiger partial charge is 0.326 e. The molecule has 1 rings (SSSR count). The number of nitrogens with one attached hydrogen (secondary N) is 1. The molecule has 2 N–H and O–H groups in total. The van der Waals surface area contributed by atoms with E-state index in [0.717, 1.165) is 0 Å². The van der Waals surface area contributed by atoms with Gasteiger partial charge in [-0.1, -0.05) is 0 Å². The quantitative estimate of drug-likeness (QED) is 0.630. The van der Waals surface area contributed by atoms with E-state index in [1.54, 1.807) is 0 Å². The molecule has 1 fully saturated rings. The van der Waals surface area contributed by atoms with Gasteiger partial charge in [0.25, 0.3) is 0 Å². The van der Waals surface area contributed by atoms with Crippen LogP contribution in [0.15, 0.2) is 0 Å². The van der Waals surface area contributed by atoms with E-state index in [1.165, 1.54) is 12.0 Å². The van der Waals surface area contributed by atoms with Crippen LogP contribution in [0.3, 0.4) is 0 Å². The second-order valence-electron chi connectivity index (χ2n) is 3.06. The van der Waals surface area contributed by atoms with E-state index >= 15 is 0 Å². The maximum Gasteiger partial charge on any atom is 0.326 e. The van der Waals surface area contributed by atoms with Crippen LogP contribution in [0.2, 0.25) is 0 Å². The molecule has 80 valence electrons. The number of ether oxygens (including phenoxy) is 1. The van der Waals surface area contributed by atoms with Crippen molar-refractivity contribution in [1.82, 2.24) is 10.2 Å². The van der Waals surface area contributed by atoms with E-state index < -0.39 is 12.0 Å². The van der Waals surface area contributed by atoms with Gasteiger partial charge in [-0.25, -0.2) is 9.59 Å². The topological polar surface area (TPSA) is 78.9 Å². The molecule has 1 saturated heterocycles. The molecule has 1 heterocycles. The first kappa shape index (κ1) is 10.8. The third-order valence-corrected chi connectivity index (χ3v) is 2.15. The minimum absolute atomic E-state index is 0.312. The monoisotopic (exact) mass is 202 g/mol. The van der Waals surface area contributed by atoms with Crippen molar-refractivity contribution in [2.45, 2.75) is 12.5 Å². The Bertz CT molecular complexity index is 231. The van der Waals surface area contributed by atoms with Crippen molar-refractivity contribution in [2.24, 2.45) is 0 Å². The molecule has 0 saturated carbocycles. The lowest BCUT2D eigenvalue weighted by Crippen LogP contribution is -2.43. The number of carbonyl (C=O) groups excluding carboxylic acids is 1. The predicted octanol–water partition coefficient (Wildman–Crippen LogP) is -0.499. The number of rotatable bonds is 5. The first-order chi connectivity index (χ1) is 6.66. The van der Waals surface area contributed by atoms with Crippen LogP contribution in [-0.2, 0) is 9.53 Å². The minimum atomic E-state index is -0.987. The maximum atomic E-state index is 11.2. The average Bonchev–Trinajstić information content (AvgIpc) is 2.52. The number of carboxylic acids is 1. The molecule has 14 heavy (non-hydrogen) atoms. The van der Waals surface area contributed by atoms with Crippen molar-refractivity contribution >= 4 is 12.0 Å². The van der Waals surface area contributed by atoms with E-state index in [0.29, 0.717) is 26.1 Å². The highest BCUT2D eigenvalue weighted by atomic mass is 16.5. The first-order valence-corrected chi connectivity index (χ1v) is 4.43. The molecule has 1 unspecified atom stereocenters. The predicted molar refractivity (Wildman–Crippen MR) is 48.0 cm³/mol. The molecule has 1 aliphatic rings. The van der Waals surface area contributed by atoms with Crippen molar-refractivity contribution < 1.29 is 19.4 Å². The highest BCUT2D eigenvalue weighted by Crippen LogP contribution is 2.08. The number of nitrogens with zero attached hydrogens (tertiary/aromatic N) is 1. The summed E-state index contributed by atoms with van der Waals surface area (Å²) in [6, 6.07) is -1.09. The Hall–Kier alpha value is -1.30. The summed E-state index contributed by atoms with van der Waals surface area (Å²) in [6.07, 6.45) is 0.319. The van der Waals surface area contributed by atoms with Gasteiger partial charge >= 0.3 is 12.0 Å². The highest BCUT2D eigenvalue weighted by Gasteiger charge is 2.32. The third-order valence-electron chi connectivity index (χ3n) is 2.15. The van der Waals surface area contributed by atoms with E-state index in [2.05, 4.69) is 5.32 Å². The van der Waals surface area contributed by atoms with Gasteiger partial charge in [-0.05, 0) is 0 Å². The molecule has 0 aromatic carbocycles. The van der Waals surface area contributed by atoms with Crippen LogP contribution in [0.25, 0.3) is 0 Å². The van der Waals surface area contributed by atoms with E-state index in [4.69, 9.17) is 9.84 Å². The number of carbonyl (C=O) groups is 2. The standard InChI is InChI=1S/C8H14N2O4/c1-14-5-2-6(7(11)12)10-4-3-9-8(10)13/h6H,2-5H2,1H3,(H,9,13)(H,11,12). The Kier molecular flexibility index (Phi) is 3.70. The fourth-order valence-corrected chi connectivity index (χ4v) is 1.43. The van der Waals surface area contributed by atoms with Crippen LogP contribution < -0.4 is 5.32 Å².